The molecule has 2 bridgehead atoms. The summed E-state index contributed by atoms with van der Waals surface area (Å²) in [6.45, 7) is 0.881. The molecule has 0 radical (unpaired) electrons. The average Bonchev–Trinajstić information content (AvgIpc) is 3.52. The fourth-order valence-corrected chi connectivity index (χ4v) is 8.87. The van der Waals surface area contributed by atoms with Crippen LogP contribution in [0, 0.1) is 10.8 Å². The number of alkyl halides is 1. The predicted octanol–water partition coefficient (Wildman–Crippen LogP) is 5.60. The first-order valence-electron chi connectivity index (χ1n) is 14.3. The summed E-state index contributed by atoms with van der Waals surface area (Å²) in [5.74, 6) is 0.155. The highest BCUT2D eigenvalue weighted by molar-refractivity contribution is 7.46. The van der Waals surface area contributed by atoms with Gasteiger partial charge in [0.05, 0.1) is 22.2 Å². The first kappa shape index (κ1) is 27.0. The number of rotatable bonds is 5. The molecule has 1 unspecified atom stereocenters. The van der Waals surface area contributed by atoms with Crippen molar-refractivity contribution in [3.05, 3.63) is 71.8 Å². The Bertz CT molecular complexity index is 1940. The van der Waals surface area contributed by atoms with Gasteiger partial charge in [-0.25, -0.2) is 4.57 Å². The topological polar surface area (TPSA) is 128 Å². The number of aromatic hydroxyl groups is 1. The summed E-state index contributed by atoms with van der Waals surface area (Å²) >= 11 is 6.39. The molecule has 2 heterocycles. The average molecular weight is 619 g/mol. The molecule has 220 valence electrons. The Kier molecular flexibility index (Phi) is 5.62. The molecule has 9 rings (SSSR count). The zero-order valence-electron chi connectivity index (χ0n) is 23.0. The molecule has 0 aromatic heterocycles. The van der Waals surface area contributed by atoms with Gasteiger partial charge in [-0.05, 0) is 47.6 Å². The van der Waals surface area contributed by atoms with Crippen molar-refractivity contribution in [1.29, 1.82) is 0 Å². The van der Waals surface area contributed by atoms with Crippen LogP contribution in [0.2, 0.25) is 0 Å². The Labute approximate surface area is 251 Å². The van der Waals surface area contributed by atoms with Crippen LogP contribution in [0.3, 0.4) is 0 Å². The third kappa shape index (κ3) is 3.75. The number of fused-ring (bicyclic) bond motifs is 6. The lowest BCUT2D eigenvalue weighted by Gasteiger charge is -2.69. The molecule has 4 aromatic carbocycles. The highest BCUT2D eigenvalue weighted by Gasteiger charge is 2.76. The van der Waals surface area contributed by atoms with Crippen molar-refractivity contribution in [2.75, 3.05) is 28.8 Å². The van der Waals surface area contributed by atoms with Gasteiger partial charge in [0.25, 0.3) is 0 Å². The zero-order chi connectivity index (χ0) is 29.9. The van der Waals surface area contributed by atoms with Gasteiger partial charge in [-0.1, -0.05) is 48.5 Å². The van der Waals surface area contributed by atoms with Crippen LogP contribution < -0.4 is 14.3 Å². The van der Waals surface area contributed by atoms with Crippen molar-refractivity contribution in [3.63, 3.8) is 0 Å². The molecule has 0 spiro atoms. The van der Waals surface area contributed by atoms with E-state index in [4.69, 9.17) is 16.1 Å². The van der Waals surface area contributed by atoms with E-state index in [0.29, 0.717) is 49.8 Å². The summed E-state index contributed by atoms with van der Waals surface area (Å²) in [6.07, 6.45) is 2.04. The second-order valence-electron chi connectivity index (χ2n) is 12.4. The van der Waals surface area contributed by atoms with Gasteiger partial charge in [-0.2, -0.15) is 0 Å². The van der Waals surface area contributed by atoms with E-state index < -0.39 is 18.7 Å². The van der Waals surface area contributed by atoms with Crippen LogP contribution >= 0.6 is 19.4 Å². The molecule has 2 aliphatic heterocycles. The number of amides is 2. The maximum absolute atomic E-state index is 14.2. The van der Waals surface area contributed by atoms with Gasteiger partial charge in [-0.15, -0.1) is 11.6 Å². The molecule has 0 saturated heterocycles. The monoisotopic (exact) mass is 618 g/mol. The predicted molar refractivity (Wildman–Crippen MR) is 163 cm³/mol. The van der Waals surface area contributed by atoms with Crippen molar-refractivity contribution in [2.45, 2.75) is 31.6 Å². The lowest BCUT2D eigenvalue weighted by atomic mass is 9.34. The summed E-state index contributed by atoms with van der Waals surface area (Å²) in [4.78, 5) is 50.7. The zero-order valence-corrected chi connectivity index (χ0v) is 24.6. The SMILES string of the molecule is O=C(N1CCc2c1cc(O)c1ccccc21)C12CC(C(=O)N3CC(CCl)c4c3cc(OP(=O)(O)O)c3ccccc43)(C1)C2. The number of phenols is 1. The number of benzene rings is 4. The lowest BCUT2D eigenvalue weighted by molar-refractivity contribution is -0.204. The summed E-state index contributed by atoms with van der Waals surface area (Å²) in [5, 5.41) is 13.7. The van der Waals surface area contributed by atoms with Crippen LogP contribution in [0.5, 0.6) is 11.5 Å². The Hall–Kier alpha value is -3.62. The van der Waals surface area contributed by atoms with Crippen molar-refractivity contribution in [1.82, 2.24) is 0 Å². The van der Waals surface area contributed by atoms with Crippen LogP contribution in [0.4, 0.5) is 11.4 Å². The molecule has 9 nitrogen and oxygen atoms in total. The Balaban J connectivity index is 1.08. The van der Waals surface area contributed by atoms with E-state index >= 15 is 0 Å². The second kappa shape index (κ2) is 8.96. The molecule has 2 amide bonds. The van der Waals surface area contributed by atoms with Gasteiger partial charge in [0.15, 0.2) is 0 Å². The Morgan fingerprint density at radius 1 is 0.884 bits per heavy atom. The number of hydrogen-bond donors (Lipinski definition) is 3. The highest BCUT2D eigenvalue weighted by atomic mass is 35.5. The van der Waals surface area contributed by atoms with Gasteiger partial charge >= 0.3 is 7.82 Å². The van der Waals surface area contributed by atoms with Crippen LogP contribution in [0.1, 0.15) is 36.3 Å². The molecule has 3 fully saturated rings. The number of anilines is 2. The number of carbonyl (C=O) groups is 2. The standard InChI is InChI=1S/C32H28ClN2O7P/c33-13-18-14-35(25-12-27(42-43(39,40)41)22-7-3-4-8-23(22)28(18)25)30(38)32-15-31(16-32,17-32)29(37)34-10-9-20-19-5-1-2-6-21(19)26(36)11-24(20)34/h1-8,11-12,18,36H,9-10,13-17H2,(H2,39,40,41). The van der Waals surface area contributed by atoms with Crippen molar-refractivity contribution >= 4 is 64.2 Å². The maximum Gasteiger partial charge on any atom is 0.524 e. The summed E-state index contributed by atoms with van der Waals surface area (Å²) in [6, 6.07) is 18.0. The summed E-state index contributed by atoms with van der Waals surface area (Å²) in [5.41, 5.74) is 1.92. The largest absolute Gasteiger partial charge is 0.524 e. The Morgan fingerprint density at radius 3 is 2.14 bits per heavy atom. The number of hydrogen-bond acceptors (Lipinski definition) is 5. The summed E-state index contributed by atoms with van der Waals surface area (Å²) < 4.78 is 16.9. The molecular formula is C32H28ClN2O7P. The number of phosphoric ester groups is 1. The second-order valence-corrected chi connectivity index (χ2v) is 13.9. The van der Waals surface area contributed by atoms with E-state index in [1.165, 1.54) is 6.07 Å². The summed E-state index contributed by atoms with van der Waals surface area (Å²) in [7, 11) is -4.86. The number of nitrogens with zero attached hydrogens (tertiary/aromatic N) is 2. The smallest absolute Gasteiger partial charge is 0.507 e. The molecule has 11 heteroatoms. The van der Waals surface area contributed by atoms with Gasteiger partial charge in [0, 0.05) is 47.8 Å². The first-order valence-corrected chi connectivity index (χ1v) is 16.3. The van der Waals surface area contributed by atoms with Gasteiger partial charge in [-0.3, -0.25) is 19.4 Å². The molecule has 3 N–H and O–H groups in total. The normalized spacial score (nSPS) is 25.3. The first-order chi connectivity index (χ1) is 20.5. The van der Waals surface area contributed by atoms with Crippen LogP contribution in [0.25, 0.3) is 21.5 Å². The van der Waals surface area contributed by atoms with Crippen molar-refractivity contribution in [3.8, 4) is 11.5 Å². The van der Waals surface area contributed by atoms with Crippen molar-refractivity contribution in [2.24, 2.45) is 10.8 Å². The third-order valence-electron chi connectivity index (χ3n) is 9.95. The minimum atomic E-state index is -4.86. The number of phenolic OH excluding ortho intramolecular Hbond substituents is 1. The van der Waals surface area contributed by atoms with Crippen LogP contribution in [-0.2, 0) is 20.6 Å². The quantitative estimate of drug-likeness (QED) is 0.196. The number of halogens is 1. The van der Waals surface area contributed by atoms with Crippen LogP contribution in [-0.4, -0.2) is 45.7 Å². The molecule has 3 saturated carbocycles. The molecule has 5 aliphatic rings. The highest BCUT2D eigenvalue weighted by Crippen LogP contribution is 2.75. The fraction of sp³-hybridized carbons (Fsp3) is 0.312. The fourth-order valence-electron chi connectivity index (χ4n) is 8.21. The molecule has 1 atom stereocenters. The number of carbonyl (C=O) groups excluding carboxylic acids is 2. The van der Waals surface area contributed by atoms with E-state index in [9.17, 15) is 29.0 Å². The molecule has 4 aromatic rings. The van der Waals surface area contributed by atoms with E-state index in [-0.39, 0.29) is 35.1 Å². The molecular weight excluding hydrogens is 591 g/mol. The van der Waals surface area contributed by atoms with Crippen molar-refractivity contribution < 1.29 is 33.6 Å². The minimum Gasteiger partial charge on any atom is -0.507 e. The van der Waals surface area contributed by atoms with E-state index in [1.807, 2.05) is 36.4 Å². The maximum atomic E-state index is 14.2. The third-order valence-corrected chi connectivity index (χ3v) is 10.8. The van der Waals surface area contributed by atoms with E-state index in [0.717, 1.165) is 33.0 Å². The van der Waals surface area contributed by atoms with E-state index in [2.05, 4.69) is 0 Å². The number of phosphoric acid groups is 1. The van der Waals surface area contributed by atoms with Gasteiger partial charge in [0.1, 0.15) is 11.5 Å². The van der Waals surface area contributed by atoms with Gasteiger partial charge in [0.2, 0.25) is 11.8 Å². The molecule has 43 heavy (non-hydrogen) atoms. The lowest BCUT2D eigenvalue weighted by Crippen LogP contribution is -2.72. The van der Waals surface area contributed by atoms with Crippen LogP contribution in [0.15, 0.2) is 60.7 Å². The van der Waals surface area contributed by atoms with Gasteiger partial charge < -0.3 is 19.4 Å². The molecule has 3 aliphatic carbocycles. The van der Waals surface area contributed by atoms with E-state index in [1.54, 1.807) is 28.0 Å². The Morgan fingerprint density at radius 2 is 1.49 bits per heavy atom. The minimum absolute atomic E-state index is 0.000567.